The number of aromatic nitrogens is 4. The van der Waals surface area contributed by atoms with Crippen LogP contribution < -0.4 is 5.32 Å². The molecule has 1 aliphatic carbocycles. The lowest BCUT2D eigenvalue weighted by molar-refractivity contribution is 0.0235. The first-order valence-corrected chi connectivity index (χ1v) is 8.66. The molecule has 134 valence electrons. The monoisotopic (exact) mass is 343 g/mol. The minimum absolute atomic E-state index is 0.172. The van der Waals surface area contributed by atoms with Gasteiger partial charge < -0.3 is 10.4 Å². The zero-order valence-electron chi connectivity index (χ0n) is 15.1. The number of nitrogens with zero attached hydrogens (tertiary/aromatic N) is 4. The summed E-state index contributed by atoms with van der Waals surface area (Å²) in [6.45, 7) is 5.87. The molecule has 7 nitrogen and oxygen atoms in total. The molecule has 0 bridgehead atoms. The van der Waals surface area contributed by atoms with E-state index in [4.69, 9.17) is 0 Å². The Morgan fingerprint density at radius 2 is 2.08 bits per heavy atom. The SMILES string of the molecule is Cc1nc(C(C)C)ncc1C(=O)NC(c1cnn(C)c1)C1CC(O)C1. The minimum Gasteiger partial charge on any atom is -0.393 e. The number of hydrogen-bond acceptors (Lipinski definition) is 5. The Hall–Kier alpha value is -2.28. The van der Waals surface area contributed by atoms with E-state index in [1.807, 2.05) is 34.0 Å². The van der Waals surface area contributed by atoms with Crippen LogP contribution in [-0.4, -0.2) is 36.9 Å². The fourth-order valence-electron chi connectivity index (χ4n) is 3.18. The van der Waals surface area contributed by atoms with Crippen molar-refractivity contribution in [3.05, 3.63) is 41.2 Å². The van der Waals surface area contributed by atoms with Crippen molar-refractivity contribution in [3.63, 3.8) is 0 Å². The minimum atomic E-state index is -0.281. The predicted molar refractivity (Wildman–Crippen MR) is 93.0 cm³/mol. The molecule has 2 aromatic heterocycles. The van der Waals surface area contributed by atoms with E-state index in [0.29, 0.717) is 24.1 Å². The molecular weight excluding hydrogens is 318 g/mol. The number of nitrogens with one attached hydrogen (secondary N) is 1. The summed E-state index contributed by atoms with van der Waals surface area (Å²) in [7, 11) is 1.85. The van der Waals surface area contributed by atoms with Gasteiger partial charge in [-0.1, -0.05) is 13.8 Å². The van der Waals surface area contributed by atoms with E-state index in [1.54, 1.807) is 17.1 Å². The Morgan fingerprint density at radius 1 is 1.36 bits per heavy atom. The summed E-state index contributed by atoms with van der Waals surface area (Å²) in [6, 6.07) is -0.172. The Balaban J connectivity index is 1.81. The highest BCUT2D eigenvalue weighted by Gasteiger charge is 2.36. The van der Waals surface area contributed by atoms with Gasteiger partial charge in [-0.05, 0) is 25.7 Å². The third-order valence-corrected chi connectivity index (χ3v) is 4.75. The number of hydrogen-bond donors (Lipinski definition) is 2. The van der Waals surface area contributed by atoms with Crippen molar-refractivity contribution in [3.8, 4) is 0 Å². The zero-order valence-corrected chi connectivity index (χ0v) is 15.1. The maximum absolute atomic E-state index is 12.8. The molecule has 0 aromatic carbocycles. The molecule has 0 spiro atoms. The van der Waals surface area contributed by atoms with Crippen molar-refractivity contribution in [2.75, 3.05) is 0 Å². The molecule has 1 amide bonds. The van der Waals surface area contributed by atoms with Crippen molar-refractivity contribution < 1.29 is 9.90 Å². The fourth-order valence-corrected chi connectivity index (χ4v) is 3.18. The number of aliphatic hydroxyl groups is 1. The standard InChI is InChI=1S/C18H25N5O2/c1-10(2)17-19-8-15(11(3)21-17)18(25)22-16(12-5-14(24)6-12)13-7-20-23(4)9-13/h7-10,12,14,16,24H,5-6H2,1-4H3,(H,22,25). The topological polar surface area (TPSA) is 92.9 Å². The largest absolute Gasteiger partial charge is 0.393 e. The van der Waals surface area contributed by atoms with Gasteiger partial charge in [-0.15, -0.1) is 0 Å². The molecule has 1 fully saturated rings. The van der Waals surface area contributed by atoms with E-state index >= 15 is 0 Å². The smallest absolute Gasteiger partial charge is 0.255 e. The fraction of sp³-hybridized carbons (Fsp3) is 0.556. The normalized spacial score (nSPS) is 21.0. The maximum atomic E-state index is 12.8. The number of aliphatic hydroxyl groups excluding tert-OH is 1. The summed E-state index contributed by atoms with van der Waals surface area (Å²) in [4.78, 5) is 21.5. The van der Waals surface area contributed by atoms with Crippen LogP contribution >= 0.6 is 0 Å². The van der Waals surface area contributed by atoms with Crippen molar-refractivity contribution in [1.82, 2.24) is 25.1 Å². The highest BCUT2D eigenvalue weighted by molar-refractivity contribution is 5.95. The van der Waals surface area contributed by atoms with E-state index in [0.717, 1.165) is 11.4 Å². The molecule has 2 N–H and O–H groups in total. The quantitative estimate of drug-likeness (QED) is 0.865. The Labute approximate surface area is 147 Å². The van der Waals surface area contributed by atoms with E-state index in [9.17, 15) is 9.90 Å². The maximum Gasteiger partial charge on any atom is 0.255 e. The molecule has 2 aromatic rings. The molecule has 0 aliphatic heterocycles. The Bertz CT molecular complexity index is 765. The van der Waals surface area contributed by atoms with Crippen LogP contribution in [0.25, 0.3) is 0 Å². The van der Waals surface area contributed by atoms with Crippen LogP contribution in [0.15, 0.2) is 18.6 Å². The Kier molecular flexibility index (Phi) is 4.85. The van der Waals surface area contributed by atoms with Gasteiger partial charge in [0.25, 0.3) is 5.91 Å². The molecule has 0 saturated heterocycles. The Morgan fingerprint density at radius 3 is 2.60 bits per heavy atom. The summed E-state index contributed by atoms with van der Waals surface area (Å²) in [6.07, 6.45) is 6.35. The lowest BCUT2D eigenvalue weighted by Crippen LogP contribution is -2.41. The van der Waals surface area contributed by atoms with Crippen molar-refractivity contribution >= 4 is 5.91 Å². The molecule has 1 aliphatic rings. The van der Waals surface area contributed by atoms with Crippen LogP contribution in [0.4, 0.5) is 0 Å². The second-order valence-corrected chi connectivity index (χ2v) is 7.17. The second-order valence-electron chi connectivity index (χ2n) is 7.17. The number of rotatable bonds is 5. The lowest BCUT2D eigenvalue weighted by atomic mass is 9.75. The summed E-state index contributed by atoms with van der Waals surface area (Å²) in [5.41, 5.74) is 2.11. The molecule has 0 radical (unpaired) electrons. The van der Waals surface area contributed by atoms with Gasteiger partial charge in [-0.25, -0.2) is 9.97 Å². The van der Waals surface area contributed by atoms with Gasteiger partial charge in [0.2, 0.25) is 0 Å². The van der Waals surface area contributed by atoms with Crippen LogP contribution in [-0.2, 0) is 7.05 Å². The van der Waals surface area contributed by atoms with Crippen LogP contribution in [0, 0.1) is 12.8 Å². The average molecular weight is 343 g/mol. The number of amides is 1. The first-order chi connectivity index (χ1) is 11.8. The van der Waals surface area contributed by atoms with Gasteiger partial charge in [0.15, 0.2) is 0 Å². The molecule has 7 heteroatoms. The summed E-state index contributed by atoms with van der Waals surface area (Å²) >= 11 is 0. The van der Waals surface area contributed by atoms with Gasteiger partial charge in [0.1, 0.15) is 5.82 Å². The molecule has 2 heterocycles. The summed E-state index contributed by atoms with van der Waals surface area (Å²) in [5.74, 6) is 0.970. The number of carbonyl (C=O) groups is 1. The zero-order chi connectivity index (χ0) is 18.1. The van der Waals surface area contributed by atoms with Crippen LogP contribution in [0.2, 0.25) is 0 Å². The highest BCUT2D eigenvalue weighted by Crippen LogP contribution is 2.38. The van der Waals surface area contributed by atoms with Crippen molar-refractivity contribution in [2.24, 2.45) is 13.0 Å². The molecule has 1 unspecified atom stereocenters. The first kappa shape index (κ1) is 17.5. The summed E-state index contributed by atoms with van der Waals surface area (Å²) < 4.78 is 1.72. The third-order valence-electron chi connectivity index (χ3n) is 4.75. The van der Waals surface area contributed by atoms with E-state index in [2.05, 4.69) is 20.4 Å². The second kappa shape index (κ2) is 6.92. The number of aryl methyl sites for hydroxylation is 2. The number of carbonyl (C=O) groups excluding carboxylic acids is 1. The van der Waals surface area contributed by atoms with E-state index < -0.39 is 0 Å². The molecule has 1 saturated carbocycles. The van der Waals surface area contributed by atoms with Crippen LogP contribution in [0.1, 0.15) is 66.1 Å². The first-order valence-electron chi connectivity index (χ1n) is 8.66. The lowest BCUT2D eigenvalue weighted by Gasteiger charge is -2.37. The van der Waals surface area contributed by atoms with Gasteiger partial charge in [-0.3, -0.25) is 9.48 Å². The van der Waals surface area contributed by atoms with Gasteiger partial charge in [0.05, 0.1) is 29.6 Å². The summed E-state index contributed by atoms with van der Waals surface area (Å²) in [5, 5.41) is 16.9. The van der Waals surface area contributed by atoms with Crippen LogP contribution in [0.3, 0.4) is 0 Å². The van der Waals surface area contributed by atoms with Gasteiger partial charge >= 0.3 is 0 Å². The predicted octanol–water partition coefficient (Wildman–Crippen LogP) is 1.88. The van der Waals surface area contributed by atoms with Crippen molar-refractivity contribution in [1.29, 1.82) is 0 Å². The molecular formula is C18H25N5O2. The average Bonchev–Trinajstić information content (AvgIpc) is 2.95. The molecule has 3 rings (SSSR count). The van der Waals surface area contributed by atoms with E-state index in [-0.39, 0.29) is 29.9 Å². The van der Waals surface area contributed by atoms with Crippen LogP contribution in [0.5, 0.6) is 0 Å². The van der Waals surface area contributed by atoms with Gasteiger partial charge in [-0.2, -0.15) is 5.10 Å². The van der Waals surface area contributed by atoms with E-state index in [1.165, 1.54) is 0 Å². The van der Waals surface area contributed by atoms with Crippen molar-refractivity contribution in [2.45, 2.75) is 51.7 Å². The highest BCUT2D eigenvalue weighted by atomic mass is 16.3. The third kappa shape index (κ3) is 3.71. The molecule has 25 heavy (non-hydrogen) atoms. The van der Waals surface area contributed by atoms with Gasteiger partial charge in [0, 0.05) is 30.9 Å². The molecule has 1 atom stereocenters.